The van der Waals surface area contributed by atoms with Crippen LogP contribution < -0.4 is 16.0 Å². The van der Waals surface area contributed by atoms with Gasteiger partial charge in [0.1, 0.15) is 0 Å². The number of urea groups is 1. The Morgan fingerprint density at radius 3 is 1.79 bits per heavy atom. The van der Waals surface area contributed by atoms with Crippen molar-refractivity contribution in [3.05, 3.63) is 50.6 Å². The van der Waals surface area contributed by atoms with E-state index < -0.39 is 40.6 Å². The molecule has 0 bridgehead atoms. The normalized spacial score (nSPS) is 31.4. The van der Waals surface area contributed by atoms with Crippen molar-refractivity contribution in [3.63, 3.8) is 0 Å². The lowest BCUT2D eigenvalue weighted by atomic mass is 9.36. The summed E-state index contributed by atoms with van der Waals surface area (Å²) in [4.78, 5) is 51.8. The number of fused-ring (bicyclic) bond motifs is 4. The summed E-state index contributed by atoms with van der Waals surface area (Å²) < 4.78 is 0. The zero-order valence-electron chi connectivity index (χ0n) is 19.9. The summed E-state index contributed by atoms with van der Waals surface area (Å²) in [5, 5.41) is 7.84. The van der Waals surface area contributed by atoms with Gasteiger partial charge in [-0.15, -0.1) is 26.3 Å². The van der Waals surface area contributed by atoms with Gasteiger partial charge in [0.05, 0.1) is 16.9 Å². The maximum Gasteiger partial charge on any atom is 0.321 e. The summed E-state index contributed by atoms with van der Waals surface area (Å²) in [6, 6.07) is -1.29. The molecular formula is C27H37N3O4. The molecule has 0 aromatic heterocycles. The number of allylic oxidation sites excluding steroid dienone is 4. The number of amides is 5. The highest BCUT2D eigenvalue weighted by atomic mass is 16.2. The van der Waals surface area contributed by atoms with Crippen molar-refractivity contribution in [2.45, 2.75) is 63.8 Å². The first kappa shape index (κ1) is 25.7. The molecule has 5 amide bonds. The molecule has 2 aliphatic heterocycles. The van der Waals surface area contributed by atoms with Gasteiger partial charge in [0.25, 0.3) is 0 Å². The minimum Gasteiger partial charge on any atom is -0.333 e. The third-order valence-electron chi connectivity index (χ3n) is 8.10. The van der Waals surface area contributed by atoms with Gasteiger partial charge >= 0.3 is 6.03 Å². The Morgan fingerprint density at radius 2 is 1.32 bits per heavy atom. The molecule has 1 aliphatic carbocycles. The summed E-state index contributed by atoms with van der Waals surface area (Å²) in [6.07, 6.45) is 13.4. The topological polar surface area (TPSA) is 104 Å². The SMILES string of the molecule is C=CCCCC(C=C)CC12C(=O)NC(=O)CC1C1(CC(C=C)CCCC=C)C(=O)NC(=O)NC21. The number of hydrogen-bond donors (Lipinski definition) is 3. The van der Waals surface area contributed by atoms with Gasteiger partial charge < -0.3 is 5.32 Å². The highest BCUT2D eigenvalue weighted by Crippen LogP contribution is 2.68. The molecule has 7 heteroatoms. The first-order chi connectivity index (χ1) is 16.3. The molecule has 3 N–H and O–H groups in total. The summed E-state index contributed by atoms with van der Waals surface area (Å²) in [5.74, 6) is -1.68. The standard InChI is InChI=1S/C27H37N3O4/c1-5-9-11-13-18(7-3)16-26-20(15-21(31)28-23(26)32)27(17-19(8-4)14-12-10-6-2)22(26)29-25(34)30-24(27)33/h5-8,18-20,22H,1-4,9-17H2,(H,28,31,32)(H2,29,30,33,34). The molecule has 3 fully saturated rings. The van der Waals surface area contributed by atoms with Gasteiger partial charge in [-0.25, -0.2) is 4.79 Å². The molecule has 34 heavy (non-hydrogen) atoms. The first-order valence-electron chi connectivity index (χ1n) is 12.2. The van der Waals surface area contributed by atoms with Crippen molar-refractivity contribution in [2.24, 2.45) is 28.6 Å². The molecule has 1 saturated carbocycles. The fourth-order valence-electron chi connectivity index (χ4n) is 6.52. The predicted octanol–water partition coefficient (Wildman–Crippen LogP) is 3.94. The number of rotatable bonds is 14. The Bertz CT molecular complexity index is 812. The third-order valence-corrected chi connectivity index (χ3v) is 8.10. The monoisotopic (exact) mass is 467 g/mol. The number of nitrogens with one attached hydrogen (secondary N) is 3. The summed E-state index contributed by atoms with van der Waals surface area (Å²) in [5.41, 5.74) is -2.08. The van der Waals surface area contributed by atoms with E-state index in [0.29, 0.717) is 12.8 Å². The van der Waals surface area contributed by atoms with E-state index in [4.69, 9.17) is 0 Å². The smallest absolute Gasteiger partial charge is 0.321 e. The molecule has 0 aromatic carbocycles. The van der Waals surface area contributed by atoms with Crippen LogP contribution in [0.2, 0.25) is 0 Å². The van der Waals surface area contributed by atoms with Crippen molar-refractivity contribution in [1.82, 2.24) is 16.0 Å². The van der Waals surface area contributed by atoms with Gasteiger partial charge in [0.15, 0.2) is 0 Å². The average molecular weight is 468 g/mol. The molecule has 3 rings (SSSR count). The van der Waals surface area contributed by atoms with Crippen LogP contribution in [-0.4, -0.2) is 29.8 Å². The van der Waals surface area contributed by atoms with Gasteiger partial charge in [-0.2, -0.15) is 0 Å². The number of imide groups is 2. The van der Waals surface area contributed by atoms with Crippen molar-refractivity contribution < 1.29 is 19.2 Å². The van der Waals surface area contributed by atoms with Gasteiger partial charge in [0, 0.05) is 12.3 Å². The predicted molar refractivity (Wildman–Crippen MR) is 131 cm³/mol. The second-order valence-corrected chi connectivity index (χ2v) is 9.91. The van der Waals surface area contributed by atoms with Crippen molar-refractivity contribution in [2.75, 3.05) is 0 Å². The Morgan fingerprint density at radius 1 is 0.824 bits per heavy atom. The van der Waals surface area contributed by atoms with Gasteiger partial charge in [-0.3, -0.25) is 25.0 Å². The lowest BCUT2D eigenvalue weighted by Gasteiger charge is -2.69. The summed E-state index contributed by atoms with van der Waals surface area (Å²) in [7, 11) is 0. The number of unbranched alkanes of at least 4 members (excludes halogenated alkanes) is 2. The van der Waals surface area contributed by atoms with Gasteiger partial charge in [-0.05, 0) is 63.2 Å². The van der Waals surface area contributed by atoms with Gasteiger partial charge in [-0.1, -0.05) is 24.3 Å². The minimum absolute atomic E-state index is 0.00378. The summed E-state index contributed by atoms with van der Waals surface area (Å²) >= 11 is 0. The van der Waals surface area contributed by atoms with E-state index in [9.17, 15) is 19.2 Å². The molecule has 184 valence electrons. The molecule has 2 saturated heterocycles. The van der Waals surface area contributed by atoms with Crippen LogP contribution in [0.3, 0.4) is 0 Å². The third kappa shape index (κ3) is 4.28. The van der Waals surface area contributed by atoms with E-state index in [1.165, 1.54) is 0 Å². The highest BCUT2D eigenvalue weighted by molar-refractivity contribution is 6.09. The summed E-state index contributed by atoms with van der Waals surface area (Å²) in [6.45, 7) is 15.5. The largest absolute Gasteiger partial charge is 0.333 e. The van der Waals surface area contributed by atoms with Crippen molar-refractivity contribution in [3.8, 4) is 0 Å². The van der Waals surface area contributed by atoms with E-state index in [2.05, 4.69) is 42.3 Å². The maximum absolute atomic E-state index is 13.4. The average Bonchev–Trinajstić information content (AvgIpc) is 2.80. The van der Waals surface area contributed by atoms with Crippen molar-refractivity contribution in [1.29, 1.82) is 0 Å². The maximum atomic E-state index is 13.4. The Hall–Kier alpha value is -2.96. The Balaban J connectivity index is 1.99. The molecular weight excluding hydrogens is 430 g/mol. The fourth-order valence-corrected chi connectivity index (χ4v) is 6.52. The van der Waals surface area contributed by atoms with Crippen LogP contribution in [0.4, 0.5) is 4.79 Å². The quantitative estimate of drug-likeness (QED) is 0.204. The molecule has 3 aliphatic rings. The molecule has 0 spiro atoms. The zero-order chi connectivity index (χ0) is 24.9. The second kappa shape index (κ2) is 10.5. The minimum atomic E-state index is -1.04. The molecule has 2 heterocycles. The number of carbonyl (C=O) groups excluding carboxylic acids is 4. The lowest BCUT2D eigenvalue weighted by molar-refractivity contribution is -0.208. The lowest BCUT2D eigenvalue weighted by Crippen LogP contribution is -2.86. The zero-order valence-corrected chi connectivity index (χ0v) is 19.9. The molecule has 0 aromatic rings. The Kier molecular flexibility index (Phi) is 7.95. The molecule has 6 unspecified atom stereocenters. The van der Waals surface area contributed by atoms with E-state index in [1.54, 1.807) is 0 Å². The van der Waals surface area contributed by atoms with E-state index >= 15 is 0 Å². The van der Waals surface area contributed by atoms with Crippen LogP contribution in [0.5, 0.6) is 0 Å². The highest BCUT2D eigenvalue weighted by Gasteiger charge is 2.79. The molecule has 7 nitrogen and oxygen atoms in total. The fraction of sp³-hybridized carbons (Fsp3) is 0.556. The first-order valence-corrected chi connectivity index (χ1v) is 12.2. The van der Waals surface area contributed by atoms with E-state index in [0.717, 1.165) is 38.5 Å². The number of hydrogen-bond acceptors (Lipinski definition) is 4. The van der Waals surface area contributed by atoms with E-state index in [-0.39, 0.29) is 24.2 Å². The number of piperidine rings is 1. The van der Waals surface area contributed by atoms with Crippen LogP contribution in [-0.2, 0) is 14.4 Å². The van der Waals surface area contributed by atoms with Crippen LogP contribution >= 0.6 is 0 Å². The van der Waals surface area contributed by atoms with Crippen LogP contribution in [0.25, 0.3) is 0 Å². The molecule has 6 atom stereocenters. The second-order valence-electron chi connectivity index (χ2n) is 9.91. The Labute approximate surface area is 202 Å². The number of carbonyl (C=O) groups is 4. The van der Waals surface area contributed by atoms with Crippen molar-refractivity contribution >= 4 is 23.8 Å². The van der Waals surface area contributed by atoms with Crippen LogP contribution in [0.1, 0.15) is 57.8 Å². The van der Waals surface area contributed by atoms with Crippen LogP contribution in [0.15, 0.2) is 50.6 Å². The van der Waals surface area contributed by atoms with Crippen LogP contribution in [0, 0.1) is 28.6 Å². The van der Waals surface area contributed by atoms with E-state index in [1.807, 2.05) is 24.3 Å². The molecule has 0 radical (unpaired) electrons. The van der Waals surface area contributed by atoms with Gasteiger partial charge in [0.2, 0.25) is 17.7 Å².